The average molecular weight is 196 g/mol. The van der Waals surface area contributed by atoms with Gasteiger partial charge in [0.2, 0.25) is 0 Å². The van der Waals surface area contributed by atoms with Crippen LogP contribution in [0.2, 0.25) is 0 Å². The van der Waals surface area contributed by atoms with Crippen molar-refractivity contribution in [3.8, 4) is 0 Å². The normalized spacial score (nSPS) is 52.7. The van der Waals surface area contributed by atoms with Crippen molar-refractivity contribution in [1.82, 2.24) is 0 Å². The van der Waals surface area contributed by atoms with Gasteiger partial charge >= 0.3 is 0 Å². The van der Waals surface area contributed by atoms with Crippen molar-refractivity contribution in [2.24, 2.45) is 23.7 Å². The predicted octanol–water partition coefficient (Wildman–Crippen LogP) is 3.48. The molecule has 3 aliphatic rings. The fourth-order valence-corrected chi connectivity index (χ4v) is 4.01. The lowest BCUT2D eigenvalue weighted by Crippen LogP contribution is -2.57. The van der Waals surface area contributed by atoms with E-state index in [4.69, 9.17) is 4.74 Å². The third-order valence-corrected chi connectivity index (χ3v) is 4.28. The van der Waals surface area contributed by atoms with Gasteiger partial charge < -0.3 is 4.74 Å². The van der Waals surface area contributed by atoms with Crippen LogP contribution in [0, 0.1) is 23.7 Å². The van der Waals surface area contributed by atoms with Crippen LogP contribution in [0.4, 0.5) is 0 Å². The third kappa shape index (κ3) is 1.50. The molecule has 82 valence electrons. The van der Waals surface area contributed by atoms with E-state index >= 15 is 0 Å². The lowest BCUT2D eigenvalue weighted by atomic mass is 9.61. The van der Waals surface area contributed by atoms with Crippen LogP contribution in [0.1, 0.15) is 47.5 Å². The fourth-order valence-electron chi connectivity index (χ4n) is 4.01. The smallest absolute Gasteiger partial charge is 0.0663 e. The van der Waals surface area contributed by atoms with E-state index in [1.165, 1.54) is 12.8 Å². The van der Waals surface area contributed by atoms with Crippen LogP contribution in [0.3, 0.4) is 0 Å². The Morgan fingerprint density at radius 3 is 2.00 bits per heavy atom. The van der Waals surface area contributed by atoms with Gasteiger partial charge in [-0.2, -0.15) is 0 Å². The maximum Gasteiger partial charge on any atom is 0.0663 e. The summed E-state index contributed by atoms with van der Waals surface area (Å²) in [5, 5.41) is 0. The highest BCUT2D eigenvalue weighted by Crippen LogP contribution is 2.52. The molecule has 0 N–H and O–H groups in total. The van der Waals surface area contributed by atoms with E-state index in [0.29, 0.717) is 12.0 Å². The summed E-state index contributed by atoms with van der Waals surface area (Å²) in [6.07, 6.45) is 3.05. The standard InChI is InChI=1S/C13H24O/c1-8(2)12-11-9(3)6-13(5,14-12)7-10(11)4/h8-12H,6-7H2,1-5H3. The second kappa shape index (κ2) is 3.23. The fraction of sp³-hybridized carbons (Fsp3) is 1.00. The van der Waals surface area contributed by atoms with Gasteiger partial charge in [-0.25, -0.2) is 0 Å². The molecule has 0 amide bonds. The first kappa shape index (κ1) is 10.5. The molecular weight excluding hydrogens is 172 g/mol. The Bertz CT molecular complexity index is 209. The van der Waals surface area contributed by atoms with Crippen molar-refractivity contribution in [2.75, 3.05) is 0 Å². The van der Waals surface area contributed by atoms with Crippen molar-refractivity contribution in [1.29, 1.82) is 0 Å². The minimum atomic E-state index is 0.183. The number of hydrogen-bond acceptors (Lipinski definition) is 1. The molecule has 2 aliphatic heterocycles. The van der Waals surface area contributed by atoms with Crippen molar-refractivity contribution in [3.05, 3.63) is 0 Å². The second-order valence-corrected chi connectivity index (χ2v) is 6.22. The van der Waals surface area contributed by atoms with Crippen LogP contribution >= 0.6 is 0 Å². The molecule has 1 heteroatoms. The molecule has 0 spiro atoms. The quantitative estimate of drug-likeness (QED) is 0.624. The molecule has 3 unspecified atom stereocenters. The number of ether oxygens (including phenoxy) is 1. The molecule has 14 heavy (non-hydrogen) atoms. The van der Waals surface area contributed by atoms with E-state index in [1.807, 2.05) is 0 Å². The minimum absolute atomic E-state index is 0.183. The monoisotopic (exact) mass is 196 g/mol. The van der Waals surface area contributed by atoms with Gasteiger partial charge in [-0.05, 0) is 43.4 Å². The van der Waals surface area contributed by atoms with Crippen molar-refractivity contribution in [3.63, 3.8) is 0 Å². The Kier molecular flexibility index (Phi) is 2.42. The first-order chi connectivity index (χ1) is 6.43. The van der Waals surface area contributed by atoms with Crippen LogP contribution < -0.4 is 0 Å². The SMILES string of the molecule is CC(C)C1OC2(C)CC(C)C1C(C)C2. The maximum absolute atomic E-state index is 6.28. The average Bonchev–Trinajstić information content (AvgIpc) is 1.99. The second-order valence-electron chi connectivity index (χ2n) is 6.22. The van der Waals surface area contributed by atoms with Crippen molar-refractivity contribution in [2.45, 2.75) is 59.2 Å². The van der Waals surface area contributed by atoms with Gasteiger partial charge in [0.25, 0.3) is 0 Å². The molecule has 2 heterocycles. The van der Waals surface area contributed by atoms with Crippen molar-refractivity contribution < 1.29 is 4.74 Å². The topological polar surface area (TPSA) is 9.23 Å². The molecule has 3 rings (SSSR count). The Balaban J connectivity index is 2.25. The van der Waals surface area contributed by atoms with E-state index in [1.54, 1.807) is 0 Å². The van der Waals surface area contributed by atoms with Gasteiger partial charge in [0, 0.05) is 0 Å². The predicted molar refractivity (Wildman–Crippen MR) is 59.2 cm³/mol. The highest BCUT2D eigenvalue weighted by Gasteiger charge is 2.51. The zero-order valence-electron chi connectivity index (χ0n) is 10.2. The Hall–Kier alpha value is -0.0400. The van der Waals surface area contributed by atoms with Crippen molar-refractivity contribution >= 4 is 0 Å². The molecule has 1 aliphatic carbocycles. The summed E-state index contributed by atoms with van der Waals surface area (Å²) in [6.45, 7) is 11.7. The van der Waals surface area contributed by atoms with Gasteiger partial charge in [0.05, 0.1) is 11.7 Å². The molecule has 1 nitrogen and oxygen atoms in total. The van der Waals surface area contributed by atoms with E-state index in [-0.39, 0.29) is 5.60 Å². The number of hydrogen-bond donors (Lipinski definition) is 0. The molecule has 3 fully saturated rings. The van der Waals surface area contributed by atoms with Gasteiger partial charge in [-0.3, -0.25) is 0 Å². The van der Waals surface area contributed by atoms with E-state index in [0.717, 1.165) is 17.8 Å². The first-order valence-corrected chi connectivity index (χ1v) is 6.11. The third-order valence-electron chi connectivity index (χ3n) is 4.28. The van der Waals surface area contributed by atoms with Crippen LogP contribution in [0.5, 0.6) is 0 Å². The molecule has 1 saturated carbocycles. The zero-order valence-corrected chi connectivity index (χ0v) is 10.2. The summed E-state index contributed by atoms with van der Waals surface area (Å²) in [5.41, 5.74) is 0.183. The summed E-state index contributed by atoms with van der Waals surface area (Å²) in [7, 11) is 0. The summed E-state index contributed by atoms with van der Waals surface area (Å²) >= 11 is 0. The molecule has 0 aromatic carbocycles. The Morgan fingerprint density at radius 2 is 1.64 bits per heavy atom. The van der Waals surface area contributed by atoms with Crippen LogP contribution in [-0.2, 0) is 4.74 Å². The number of rotatable bonds is 1. The summed E-state index contributed by atoms with van der Waals surface area (Å²) in [5.74, 6) is 3.18. The van der Waals surface area contributed by atoms with Gasteiger partial charge in [-0.15, -0.1) is 0 Å². The molecule has 0 aromatic heterocycles. The molecular formula is C13H24O. The summed E-state index contributed by atoms with van der Waals surface area (Å²) in [6, 6.07) is 0. The van der Waals surface area contributed by atoms with Crippen LogP contribution in [0.25, 0.3) is 0 Å². The zero-order chi connectivity index (χ0) is 10.5. The molecule has 3 atom stereocenters. The minimum Gasteiger partial charge on any atom is -0.371 e. The van der Waals surface area contributed by atoms with E-state index in [9.17, 15) is 0 Å². The molecule has 2 saturated heterocycles. The number of fused-ring (bicyclic) bond motifs is 3. The Labute approximate surface area is 88.2 Å². The molecule has 0 radical (unpaired) electrons. The van der Waals surface area contributed by atoms with Crippen LogP contribution in [-0.4, -0.2) is 11.7 Å². The van der Waals surface area contributed by atoms with Crippen LogP contribution in [0.15, 0.2) is 0 Å². The molecule has 0 aromatic rings. The summed E-state index contributed by atoms with van der Waals surface area (Å²) < 4.78 is 6.28. The molecule has 2 bridgehead atoms. The van der Waals surface area contributed by atoms with E-state index < -0.39 is 0 Å². The Morgan fingerprint density at radius 1 is 1.14 bits per heavy atom. The lowest BCUT2D eigenvalue weighted by Gasteiger charge is -2.57. The highest BCUT2D eigenvalue weighted by atomic mass is 16.5. The van der Waals surface area contributed by atoms with Gasteiger partial charge in [0.1, 0.15) is 0 Å². The lowest BCUT2D eigenvalue weighted by molar-refractivity contribution is -0.236. The largest absolute Gasteiger partial charge is 0.371 e. The van der Waals surface area contributed by atoms with E-state index in [2.05, 4.69) is 34.6 Å². The maximum atomic E-state index is 6.28. The van der Waals surface area contributed by atoms with Gasteiger partial charge in [-0.1, -0.05) is 27.7 Å². The first-order valence-electron chi connectivity index (χ1n) is 6.11. The summed E-state index contributed by atoms with van der Waals surface area (Å²) in [4.78, 5) is 0. The van der Waals surface area contributed by atoms with Gasteiger partial charge in [0.15, 0.2) is 0 Å². The highest BCUT2D eigenvalue weighted by molar-refractivity contribution is 5.00.